The van der Waals surface area contributed by atoms with Crippen molar-refractivity contribution >= 4 is 11.9 Å². The Bertz CT molecular complexity index is 674. The van der Waals surface area contributed by atoms with Crippen LogP contribution in [0.5, 0.6) is 5.75 Å². The first-order chi connectivity index (χ1) is 11.1. The molecule has 0 atom stereocenters. The van der Waals surface area contributed by atoms with Gasteiger partial charge < -0.3 is 9.84 Å². The summed E-state index contributed by atoms with van der Waals surface area (Å²) in [5.74, 6) is -1.09. The summed E-state index contributed by atoms with van der Waals surface area (Å²) in [5.41, 5.74) is 1.70. The molecule has 0 spiro atoms. The molecule has 0 aliphatic carbocycles. The minimum atomic E-state index is -1.01. The van der Waals surface area contributed by atoms with E-state index in [2.05, 4.69) is 6.92 Å². The van der Waals surface area contributed by atoms with Gasteiger partial charge in [0.05, 0.1) is 11.1 Å². The molecular formula is C19H20O4. The Balaban J connectivity index is 2.09. The number of carbonyl (C=O) groups is 2. The molecule has 0 radical (unpaired) electrons. The summed E-state index contributed by atoms with van der Waals surface area (Å²) < 4.78 is 5.35. The van der Waals surface area contributed by atoms with Crippen LogP contribution in [0.1, 0.15) is 52.5 Å². The fourth-order valence-corrected chi connectivity index (χ4v) is 2.33. The number of hydrogen-bond acceptors (Lipinski definition) is 3. The predicted molar refractivity (Wildman–Crippen MR) is 88.0 cm³/mol. The molecule has 4 heteroatoms. The Morgan fingerprint density at radius 1 is 1.00 bits per heavy atom. The molecule has 120 valence electrons. The SMILES string of the molecule is CCCCCc1ccccc1C(=O)Oc1ccc(C(=O)O)cc1. The number of carboxylic acids is 1. The Morgan fingerprint density at radius 3 is 2.35 bits per heavy atom. The highest BCUT2D eigenvalue weighted by Crippen LogP contribution is 2.18. The molecule has 2 aromatic rings. The van der Waals surface area contributed by atoms with E-state index in [1.54, 1.807) is 6.07 Å². The number of carboxylic acid groups (broad SMARTS) is 1. The summed E-state index contributed by atoms with van der Waals surface area (Å²) in [6, 6.07) is 13.2. The molecule has 0 saturated heterocycles. The van der Waals surface area contributed by atoms with Crippen LogP contribution < -0.4 is 4.74 Å². The van der Waals surface area contributed by atoms with Gasteiger partial charge in [-0.05, 0) is 48.7 Å². The van der Waals surface area contributed by atoms with Crippen molar-refractivity contribution in [3.63, 3.8) is 0 Å². The van der Waals surface area contributed by atoms with Gasteiger partial charge in [0.1, 0.15) is 5.75 Å². The van der Waals surface area contributed by atoms with E-state index in [1.807, 2.05) is 18.2 Å². The summed E-state index contributed by atoms with van der Waals surface area (Å²) >= 11 is 0. The highest BCUT2D eigenvalue weighted by Gasteiger charge is 2.13. The first-order valence-corrected chi connectivity index (χ1v) is 7.75. The topological polar surface area (TPSA) is 63.6 Å². The van der Waals surface area contributed by atoms with Crippen molar-refractivity contribution in [1.82, 2.24) is 0 Å². The Morgan fingerprint density at radius 2 is 1.70 bits per heavy atom. The fourth-order valence-electron chi connectivity index (χ4n) is 2.33. The average molecular weight is 312 g/mol. The number of benzene rings is 2. The van der Waals surface area contributed by atoms with Crippen molar-refractivity contribution in [3.8, 4) is 5.75 Å². The molecule has 23 heavy (non-hydrogen) atoms. The highest BCUT2D eigenvalue weighted by atomic mass is 16.5. The van der Waals surface area contributed by atoms with Crippen molar-refractivity contribution in [2.24, 2.45) is 0 Å². The molecule has 2 rings (SSSR count). The minimum absolute atomic E-state index is 0.157. The normalized spacial score (nSPS) is 10.3. The van der Waals surface area contributed by atoms with Gasteiger partial charge in [-0.15, -0.1) is 0 Å². The third kappa shape index (κ3) is 4.68. The minimum Gasteiger partial charge on any atom is -0.478 e. The lowest BCUT2D eigenvalue weighted by atomic mass is 10.0. The van der Waals surface area contributed by atoms with Gasteiger partial charge in [0.25, 0.3) is 0 Å². The number of rotatable bonds is 7. The lowest BCUT2D eigenvalue weighted by molar-refractivity contribution is 0.0696. The van der Waals surface area contributed by atoms with Crippen LogP contribution in [0.2, 0.25) is 0 Å². The number of hydrogen-bond donors (Lipinski definition) is 1. The molecule has 0 unspecified atom stereocenters. The van der Waals surface area contributed by atoms with Crippen molar-refractivity contribution in [1.29, 1.82) is 0 Å². The third-order valence-corrected chi connectivity index (χ3v) is 3.60. The summed E-state index contributed by atoms with van der Waals surface area (Å²) in [4.78, 5) is 23.2. The van der Waals surface area contributed by atoms with Gasteiger partial charge in [0, 0.05) is 0 Å². The lowest BCUT2D eigenvalue weighted by Crippen LogP contribution is -2.11. The van der Waals surface area contributed by atoms with Crippen molar-refractivity contribution in [3.05, 3.63) is 65.2 Å². The zero-order chi connectivity index (χ0) is 16.7. The van der Waals surface area contributed by atoms with Crippen LogP contribution in [0, 0.1) is 0 Å². The maximum atomic E-state index is 12.3. The molecule has 4 nitrogen and oxygen atoms in total. The molecule has 0 bridgehead atoms. The van der Waals surface area contributed by atoms with Gasteiger partial charge in [0.15, 0.2) is 0 Å². The van der Waals surface area contributed by atoms with E-state index in [-0.39, 0.29) is 5.56 Å². The number of aromatic carboxylic acids is 1. The van der Waals surface area contributed by atoms with E-state index in [1.165, 1.54) is 24.3 Å². The maximum Gasteiger partial charge on any atom is 0.343 e. The zero-order valence-electron chi connectivity index (χ0n) is 13.1. The van der Waals surface area contributed by atoms with Crippen molar-refractivity contribution in [2.45, 2.75) is 32.6 Å². The number of unbranched alkanes of at least 4 members (excludes halogenated alkanes) is 2. The third-order valence-electron chi connectivity index (χ3n) is 3.60. The van der Waals surface area contributed by atoms with Crippen LogP contribution >= 0.6 is 0 Å². The maximum absolute atomic E-state index is 12.3. The van der Waals surface area contributed by atoms with E-state index in [9.17, 15) is 9.59 Å². The monoisotopic (exact) mass is 312 g/mol. The number of carbonyl (C=O) groups excluding carboxylic acids is 1. The summed E-state index contributed by atoms with van der Waals surface area (Å²) in [6.07, 6.45) is 4.13. The standard InChI is InChI=1S/C19H20O4/c1-2-3-4-7-14-8-5-6-9-17(14)19(22)23-16-12-10-15(11-13-16)18(20)21/h5-6,8-13H,2-4,7H2,1H3,(H,20,21). The predicted octanol–water partition coefficient (Wildman–Crippen LogP) is 4.34. The molecule has 2 aromatic carbocycles. The summed E-state index contributed by atoms with van der Waals surface area (Å²) in [7, 11) is 0. The molecule has 0 amide bonds. The number of ether oxygens (including phenoxy) is 1. The van der Waals surface area contributed by atoms with Gasteiger partial charge in [-0.2, -0.15) is 0 Å². The molecule has 0 fully saturated rings. The highest BCUT2D eigenvalue weighted by molar-refractivity contribution is 5.93. The van der Waals surface area contributed by atoms with Crippen molar-refractivity contribution < 1.29 is 19.4 Å². The molecule has 0 aromatic heterocycles. The van der Waals surface area contributed by atoms with E-state index in [4.69, 9.17) is 9.84 Å². The Kier molecular flexibility index (Phi) is 5.92. The second-order valence-electron chi connectivity index (χ2n) is 5.33. The van der Waals surface area contributed by atoms with Crippen molar-refractivity contribution in [2.75, 3.05) is 0 Å². The van der Waals surface area contributed by atoms with Gasteiger partial charge >= 0.3 is 11.9 Å². The van der Waals surface area contributed by atoms with E-state index in [0.717, 1.165) is 31.2 Å². The van der Waals surface area contributed by atoms with Crippen LogP contribution in [0.15, 0.2) is 48.5 Å². The molecule has 0 heterocycles. The summed E-state index contributed by atoms with van der Waals surface area (Å²) in [6.45, 7) is 2.14. The second-order valence-corrected chi connectivity index (χ2v) is 5.33. The average Bonchev–Trinajstić information content (AvgIpc) is 2.56. The second kappa shape index (κ2) is 8.13. The number of esters is 1. The van der Waals surface area contributed by atoms with Gasteiger partial charge in [0.2, 0.25) is 0 Å². The molecular weight excluding hydrogens is 292 g/mol. The number of aryl methyl sites for hydroxylation is 1. The van der Waals surface area contributed by atoms with Crippen LogP contribution in [0.4, 0.5) is 0 Å². The van der Waals surface area contributed by atoms with Gasteiger partial charge in [-0.3, -0.25) is 0 Å². The molecule has 0 saturated carbocycles. The summed E-state index contributed by atoms with van der Waals surface area (Å²) in [5, 5.41) is 8.87. The van der Waals surface area contributed by atoms with E-state index < -0.39 is 11.9 Å². The van der Waals surface area contributed by atoms with Crippen LogP contribution in [-0.2, 0) is 6.42 Å². The van der Waals surface area contributed by atoms with Crippen LogP contribution in [0.25, 0.3) is 0 Å². The van der Waals surface area contributed by atoms with Gasteiger partial charge in [-0.25, -0.2) is 9.59 Å². The van der Waals surface area contributed by atoms with E-state index >= 15 is 0 Å². The Hall–Kier alpha value is -2.62. The molecule has 0 aliphatic heterocycles. The lowest BCUT2D eigenvalue weighted by Gasteiger charge is -2.09. The molecule has 1 N–H and O–H groups in total. The van der Waals surface area contributed by atoms with Gasteiger partial charge in [-0.1, -0.05) is 38.0 Å². The van der Waals surface area contributed by atoms with Crippen LogP contribution in [-0.4, -0.2) is 17.0 Å². The first-order valence-electron chi connectivity index (χ1n) is 7.75. The molecule has 0 aliphatic rings. The zero-order valence-corrected chi connectivity index (χ0v) is 13.1. The van der Waals surface area contributed by atoms with E-state index in [0.29, 0.717) is 11.3 Å². The fraction of sp³-hybridized carbons (Fsp3) is 0.263. The van der Waals surface area contributed by atoms with Crippen LogP contribution in [0.3, 0.4) is 0 Å². The Labute approximate surface area is 135 Å². The largest absolute Gasteiger partial charge is 0.478 e. The smallest absolute Gasteiger partial charge is 0.343 e. The quantitative estimate of drug-likeness (QED) is 0.469. The first kappa shape index (κ1) is 16.7.